The average molecular weight is 539 g/mol. The minimum atomic E-state index is 1.16. The number of allylic oxidation sites excluding steroid dienone is 1. The summed E-state index contributed by atoms with van der Waals surface area (Å²) in [5.41, 5.74) is 12.2. The zero-order valence-electron chi connectivity index (χ0n) is 23.8. The molecule has 2 heterocycles. The Balaban J connectivity index is 1.38. The summed E-state index contributed by atoms with van der Waals surface area (Å²) in [4.78, 5) is 0. The lowest BCUT2D eigenvalue weighted by Gasteiger charge is -2.11. The maximum atomic E-state index is 2.42. The smallest absolute Gasteiger partial charge is 0.0548 e. The number of para-hydroxylation sites is 3. The Morgan fingerprint density at radius 3 is 1.60 bits per heavy atom. The molecule has 0 aliphatic rings. The van der Waals surface area contributed by atoms with Crippen molar-refractivity contribution < 1.29 is 0 Å². The Kier molecular flexibility index (Phi) is 5.61. The highest BCUT2D eigenvalue weighted by molar-refractivity contribution is 6.28. The molecule has 0 N–H and O–H groups in total. The Hall–Kier alpha value is -5.34. The summed E-state index contributed by atoms with van der Waals surface area (Å²) in [5.74, 6) is 0. The summed E-state index contributed by atoms with van der Waals surface area (Å²) in [5, 5.41) is 5.14. The molecular formula is C40H30N2. The SMILES string of the molecule is C/C=C\c1cc(-c2ccc(-n3c4ccccc4c4c5c6ccccc6n(-c6ccccc6)c5ccc43)cc2)ccc1C. The van der Waals surface area contributed by atoms with Crippen LogP contribution in [0, 0.1) is 6.92 Å². The summed E-state index contributed by atoms with van der Waals surface area (Å²) in [6, 6.07) is 48.6. The summed E-state index contributed by atoms with van der Waals surface area (Å²) < 4.78 is 4.82. The first-order chi connectivity index (χ1) is 20.7. The molecule has 8 aromatic rings. The Labute approximate surface area is 245 Å². The highest BCUT2D eigenvalue weighted by atomic mass is 15.0. The fourth-order valence-electron chi connectivity index (χ4n) is 6.63. The van der Waals surface area contributed by atoms with Crippen molar-refractivity contribution in [1.29, 1.82) is 0 Å². The van der Waals surface area contributed by atoms with Gasteiger partial charge in [-0.1, -0.05) is 91.0 Å². The van der Waals surface area contributed by atoms with Crippen LogP contribution in [-0.2, 0) is 0 Å². The lowest BCUT2D eigenvalue weighted by Crippen LogP contribution is -1.95. The van der Waals surface area contributed by atoms with E-state index >= 15 is 0 Å². The first-order valence-corrected chi connectivity index (χ1v) is 14.6. The summed E-state index contributed by atoms with van der Waals surface area (Å²) in [6.07, 6.45) is 4.28. The maximum absolute atomic E-state index is 2.42. The lowest BCUT2D eigenvalue weighted by molar-refractivity contribution is 1.17. The molecule has 2 heteroatoms. The summed E-state index contributed by atoms with van der Waals surface area (Å²) in [6.45, 7) is 4.23. The first kappa shape index (κ1) is 24.5. The van der Waals surface area contributed by atoms with Crippen molar-refractivity contribution in [1.82, 2.24) is 9.13 Å². The fourth-order valence-corrected chi connectivity index (χ4v) is 6.63. The van der Waals surface area contributed by atoms with E-state index in [-0.39, 0.29) is 0 Å². The van der Waals surface area contributed by atoms with Gasteiger partial charge >= 0.3 is 0 Å². The topological polar surface area (TPSA) is 9.86 Å². The minimum absolute atomic E-state index is 1.16. The van der Waals surface area contributed by atoms with Crippen LogP contribution in [0.2, 0.25) is 0 Å². The molecule has 42 heavy (non-hydrogen) atoms. The van der Waals surface area contributed by atoms with Gasteiger partial charge < -0.3 is 9.13 Å². The Morgan fingerprint density at radius 2 is 1.00 bits per heavy atom. The summed E-state index contributed by atoms with van der Waals surface area (Å²) >= 11 is 0. The molecule has 2 nitrogen and oxygen atoms in total. The number of hydrogen-bond acceptors (Lipinski definition) is 0. The van der Waals surface area contributed by atoms with Crippen molar-refractivity contribution in [2.75, 3.05) is 0 Å². The zero-order chi connectivity index (χ0) is 28.2. The van der Waals surface area contributed by atoms with Crippen LogP contribution < -0.4 is 0 Å². The lowest BCUT2D eigenvalue weighted by atomic mass is 9.99. The number of benzene rings is 6. The van der Waals surface area contributed by atoms with E-state index in [0.717, 1.165) is 5.69 Å². The van der Waals surface area contributed by atoms with E-state index in [1.165, 1.54) is 71.6 Å². The van der Waals surface area contributed by atoms with Crippen LogP contribution in [0.5, 0.6) is 0 Å². The van der Waals surface area contributed by atoms with Crippen LogP contribution in [0.4, 0.5) is 0 Å². The van der Waals surface area contributed by atoms with Crippen LogP contribution in [-0.4, -0.2) is 9.13 Å². The molecule has 2 aromatic heterocycles. The molecule has 0 spiro atoms. The highest BCUT2D eigenvalue weighted by Gasteiger charge is 2.20. The van der Waals surface area contributed by atoms with Crippen LogP contribution in [0.25, 0.3) is 72.2 Å². The molecule has 0 unspecified atom stereocenters. The third-order valence-corrected chi connectivity index (χ3v) is 8.57. The van der Waals surface area contributed by atoms with Gasteiger partial charge in [0, 0.05) is 32.9 Å². The molecule has 0 aliphatic carbocycles. The molecule has 6 aromatic carbocycles. The number of nitrogens with zero attached hydrogens (tertiary/aromatic N) is 2. The standard InChI is InChI=1S/C40H30N2/c1-3-11-29-26-30(19-18-27(29)2)28-20-22-32(23-21-28)42-36-17-10-8-15-34(36)40-38(42)25-24-37-39(40)33-14-7-9-16-35(33)41(37)31-12-5-4-6-13-31/h3-26H,1-2H3/b11-3-. The monoisotopic (exact) mass is 538 g/mol. The van der Waals surface area contributed by atoms with Gasteiger partial charge in [0.15, 0.2) is 0 Å². The molecule has 0 saturated carbocycles. The molecule has 0 fully saturated rings. The third-order valence-electron chi connectivity index (χ3n) is 8.57. The van der Waals surface area contributed by atoms with E-state index in [9.17, 15) is 0 Å². The average Bonchev–Trinajstić information content (AvgIpc) is 3.56. The second-order valence-electron chi connectivity index (χ2n) is 11.0. The molecule has 0 saturated heterocycles. The molecule has 0 bridgehead atoms. The van der Waals surface area contributed by atoms with Gasteiger partial charge in [0.25, 0.3) is 0 Å². The van der Waals surface area contributed by atoms with Crippen molar-refractivity contribution in [3.8, 4) is 22.5 Å². The van der Waals surface area contributed by atoms with E-state index in [2.05, 4.69) is 169 Å². The summed E-state index contributed by atoms with van der Waals surface area (Å²) in [7, 11) is 0. The predicted octanol–water partition coefficient (Wildman–Crippen LogP) is 10.9. The quantitative estimate of drug-likeness (QED) is 0.211. The van der Waals surface area contributed by atoms with Crippen molar-refractivity contribution >= 4 is 49.7 Å². The van der Waals surface area contributed by atoms with Crippen molar-refractivity contribution in [2.24, 2.45) is 0 Å². The van der Waals surface area contributed by atoms with Gasteiger partial charge in [-0.3, -0.25) is 0 Å². The number of aryl methyl sites for hydroxylation is 1. The van der Waals surface area contributed by atoms with Gasteiger partial charge in [-0.05, 0) is 90.7 Å². The molecule has 200 valence electrons. The zero-order valence-corrected chi connectivity index (χ0v) is 23.8. The fraction of sp³-hybridized carbons (Fsp3) is 0.0500. The molecule has 0 aliphatic heterocycles. The van der Waals surface area contributed by atoms with Crippen LogP contribution >= 0.6 is 0 Å². The van der Waals surface area contributed by atoms with E-state index < -0.39 is 0 Å². The van der Waals surface area contributed by atoms with Crippen LogP contribution in [0.3, 0.4) is 0 Å². The molecular weight excluding hydrogens is 508 g/mol. The van der Waals surface area contributed by atoms with Crippen molar-refractivity contribution in [3.63, 3.8) is 0 Å². The molecule has 0 amide bonds. The van der Waals surface area contributed by atoms with E-state index in [1.54, 1.807) is 0 Å². The van der Waals surface area contributed by atoms with Gasteiger partial charge in [-0.15, -0.1) is 0 Å². The third kappa shape index (κ3) is 3.65. The predicted molar refractivity (Wildman–Crippen MR) is 180 cm³/mol. The van der Waals surface area contributed by atoms with E-state index in [0.29, 0.717) is 0 Å². The van der Waals surface area contributed by atoms with Crippen LogP contribution in [0.15, 0.2) is 140 Å². The number of fused-ring (bicyclic) bond motifs is 7. The van der Waals surface area contributed by atoms with E-state index in [1.807, 2.05) is 0 Å². The normalized spacial score (nSPS) is 12.0. The number of aromatic nitrogens is 2. The van der Waals surface area contributed by atoms with Gasteiger partial charge in [-0.2, -0.15) is 0 Å². The van der Waals surface area contributed by atoms with Crippen molar-refractivity contribution in [3.05, 3.63) is 151 Å². The van der Waals surface area contributed by atoms with Gasteiger partial charge in [-0.25, -0.2) is 0 Å². The first-order valence-electron chi connectivity index (χ1n) is 14.6. The molecule has 8 rings (SSSR count). The minimum Gasteiger partial charge on any atom is -0.309 e. The Bertz CT molecular complexity index is 2300. The van der Waals surface area contributed by atoms with Gasteiger partial charge in [0.1, 0.15) is 0 Å². The molecule has 0 radical (unpaired) electrons. The Morgan fingerprint density at radius 1 is 0.476 bits per heavy atom. The second kappa shape index (κ2) is 9.64. The maximum Gasteiger partial charge on any atom is 0.0548 e. The largest absolute Gasteiger partial charge is 0.309 e. The number of rotatable bonds is 4. The highest BCUT2D eigenvalue weighted by Crippen LogP contribution is 2.42. The second-order valence-corrected chi connectivity index (χ2v) is 11.0. The van der Waals surface area contributed by atoms with Gasteiger partial charge in [0.05, 0.1) is 22.1 Å². The number of hydrogen-bond donors (Lipinski definition) is 0. The van der Waals surface area contributed by atoms with Crippen molar-refractivity contribution in [2.45, 2.75) is 13.8 Å². The molecule has 0 atom stereocenters. The van der Waals surface area contributed by atoms with E-state index in [4.69, 9.17) is 0 Å². The van der Waals surface area contributed by atoms with Gasteiger partial charge in [0.2, 0.25) is 0 Å². The van der Waals surface area contributed by atoms with Crippen LogP contribution in [0.1, 0.15) is 18.1 Å².